The average molecular weight is 313 g/mol. The fourth-order valence-electron chi connectivity index (χ4n) is 2.10. The first-order chi connectivity index (χ1) is 11.0. The van der Waals surface area contributed by atoms with Gasteiger partial charge in [-0.05, 0) is 55.5 Å². The number of rotatable bonds is 6. The fourth-order valence-corrected chi connectivity index (χ4v) is 2.10. The van der Waals surface area contributed by atoms with Gasteiger partial charge < -0.3 is 20.3 Å². The standard InChI is InChI=1S/C18H23N3O2/c1-13(19-14-7-11-17(23-4)12-8-14)18(22)20-15-5-9-16(10-6-15)21(2)3/h5-13,19H,1-4H3,(H,20,22)/t13-/m0/s1. The topological polar surface area (TPSA) is 53.6 Å². The summed E-state index contributed by atoms with van der Waals surface area (Å²) in [6, 6.07) is 14.9. The normalized spacial score (nSPS) is 11.5. The predicted molar refractivity (Wildman–Crippen MR) is 95.5 cm³/mol. The van der Waals surface area contributed by atoms with E-state index in [1.54, 1.807) is 7.11 Å². The summed E-state index contributed by atoms with van der Waals surface area (Å²) in [4.78, 5) is 14.3. The lowest BCUT2D eigenvalue weighted by Crippen LogP contribution is -2.31. The third-order valence-corrected chi connectivity index (χ3v) is 3.52. The van der Waals surface area contributed by atoms with E-state index in [-0.39, 0.29) is 11.9 Å². The summed E-state index contributed by atoms with van der Waals surface area (Å²) >= 11 is 0. The second kappa shape index (κ2) is 7.54. The van der Waals surface area contributed by atoms with Gasteiger partial charge >= 0.3 is 0 Å². The number of methoxy groups -OCH3 is 1. The molecule has 122 valence electrons. The molecule has 1 atom stereocenters. The van der Waals surface area contributed by atoms with Crippen LogP contribution in [0.15, 0.2) is 48.5 Å². The zero-order chi connectivity index (χ0) is 16.8. The minimum atomic E-state index is -0.350. The van der Waals surface area contributed by atoms with Gasteiger partial charge in [-0.25, -0.2) is 0 Å². The van der Waals surface area contributed by atoms with Crippen molar-refractivity contribution in [3.05, 3.63) is 48.5 Å². The maximum absolute atomic E-state index is 12.2. The van der Waals surface area contributed by atoms with Crippen LogP contribution in [0.3, 0.4) is 0 Å². The van der Waals surface area contributed by atoms with E-state index in [0.29, 0.717) is 0 Å². The van der Waals surface area contributed by atoms with E-state index in [1.165, 1.54) is 0 Å². The molecule has 0 unspecified atom stereocenters. The Balaban J connectivity index is 1.93. The molecule has 2 N–H and O–H groups in total. The summed E-state index contributed by atoms with van der Waals surface area (Å²) in [6.07, 6.45) is 0. The van der Waals surface area contributed by atoms with Crippen molar-refractivity contribution in [1.29, 1.82) is 0 Å². The summed E-state index contributed by atoms with van der Waals surface area (Å²) in [6.45, 7) is 1.83. The van der Waals surface area contributed by atoms with Gasteiger partial charge in [0.2, 0.25) is 5.91 Å². The van der Waals surface area contributed by atoms with Crippen LogP contribution in [0.2, 0.25) is 0 Å². The molecule has 23 heavy (non-hydrogen) atoms. The van der Waals surface area contributed by atoms with Crippen molar-refractivity contribution in [2.75, 3.05) is 36.7 Å². The minimum Gasteiger partial charge on any atom is -0.497 e. The maximum Gasteiger partial charge on any atom is 0.246 e. The van der Waals surface area contributed by atoms with E-state index in [0.717, 1.165) is 22.8 Å². The molecule has 0 aliphatic carbocycles. The zero-order valence-corrected chi connectivity index (χ0v) is 14.0. The molecular weight excluding hydrogens is 290 g/mol. The number of anilines is 3. The van der Waals surface area contributed by atoms with E-state index in [9.17, 15) is 4.79 Å². The third-order valence-electron chi connectivity index (χ3n) is 3.52. The molecule has 0 spiro atoms. The molecule has 2 rings (SSSR count). The lowest BCUT2D eigenvalue weighted by Gasteiger charge is -2.16. The lowest BCUT2D eigenvalue weighted by molar-refractivity contribution is -0.116. The van der Waals surface area contributed by atoms with Crippen LogP contribution >= 0.6 is 0 Å². The molecule has 0 aromatic heterocycles. The zero-order valence-electron chi connectivity index (χ0n) is 14.0. The quantitative estimate of drug-likeness (QED) is 0.860. The third kappa shape index (κ3) is 4.64. The van der Waals surface area contributed by atoms with Crippen molar-refractivity contribution in [2.24, 2.45) is 0 Å². The highest BCUT2D eigenvalue weighted by atomic mass is 16.5. The predicted octanol–water partition coefficient (Wildman–Crippen LogP) is 3.20. The van der Waals surface area contributed by atoms with Gasteiger partial charge in [-0.2, -0.15) is 0 Å². The van der Waals surface area contributed by atoms with Crippen LogP contribution < -0.4 is 20.3 Å². The monoisotopic (exact) mass is 313 g/mol. The van der Waals surface area contributed by atoms with E-state index in [4.69, 9.17) is 4.74 Å². The van der Waals surface area contributed by atoms with E-state index < -0.39 is 0 Å². The molecule has 0 fully saturated rings. The first kappa shape index (κ1) is 16.7. The number of ether oxygens (including phenoxy) is 1. The smallest absolute Gasteiger partial charge is 0.246 e. The molecule has 0 radical (unpaired) electrons. The summed E-state index contributed by atoms with van der Waals surface area (Å²) in [5, 5.41) is 6.07. The van der Waals surface area contributed by atoms with Gasteiger partial charge in [0.25, 0.3) is 0 Å². The van der Waals surface area contributed by atoms with Gasteiger partial charge in [0.15, 0.2) is 0 Å². The molecule has 5 nitrogen and oxygen atoms in total. The first-order valence-corrected chi connectivity index (χ1v) is 7.48. The van der Waals surface area contributed by atoms with Crippen LogP contribution in [-0.2, 0) is 4.79 Å². The fraction of sp³-hybridized carbons (Fsp3) is 0.278. The first-order valence-electron chi connectivity index (χ1n) is 7.48. The number of hydrogen-bond donors (Lipinski definition) is 2. The van der Waals surface area contributed by atoms with Crippen molar-refractivity contribution in [3.63, 3.8) is 0 Å². The van der Waals surface area contributed by atoms with Crippen LogP contribution in [0.25, 0.3) is 0 Å². The van der Waals surface area contributed by atoms with Gasteiger partial charge in [-0.15, -0.1) is 0 Å². The van der Waals surface area contributed by atoms with Crippen molar-refractivity contribution in [2.45, 2.75) is 13.0 Å². The molecular formula is C18H23N3O2. The number of amides is 1. The Morgan fingerprint density at radius 2 is 1.57 bits per heavy atom. The molecule has 0 aliphatic heterocycles. The minimum absolute atomic E-state index is 0.0848. The Bertz CT molecular complexity index is 636. The van der Waals surface area contributed by atoms with Crippen LogP contribution in [0.5, 0.6) is 5.75 Å². The van der Waals surface area contributed by atoms with Gasteiger partial charge in [-0.1, -0.05) is 0 Å². The molecule has 0 aliphatic rings. The molecule has 0 heterocycles. The number of nitrogens with zero attached hydrogens (tertiary/aromatic N) is 1. The van der Waals surface area contributed by atoms with Crippen molar-refractivity contribution < 1.29 is 9.53 Å². The van der Waals surface area contributed by atoms with Gasteiger partial charge in [-0.3, -0.25) is 4.79 Å². The average Bonchev–Trinajstić information content (AvgIpc) is 2.56. The molecule has 1 amide bonds. The molecule has 0 bridgehead atoms. The number of carbonyl (C=O) groups excluding carboxylic acids is 1. The van der Waals surface area contributed by atoms with Crippen molar-refractivity contribution in [3.8, 4) is 5.75 Å². The van der Waals surface area contributed by atoms with E-state index in [2.05, 4.69) is 10.6 Å². The van der Waals surface area contributed by atoms with Crippen LogP contribution in [0.4, 0.5) is 17.1 Å². The highest BCUT2D eigenvalue weighted by Gasteiger charge is 2.12. The summed E-state index contributed by atoms with van der Waals surface area (Å²) in [7, 11) is 5.59. The summed E-state index contributed by atoms with van der Waals surface area (Å²) in [5.41, 5.74) is 2.74. The number of nitrogens with one attached hydrogen (secondary N) is 2. The lowest BCUT2D eigenvalue weighted by atomic mass is 10.2. The molecule has 2 aromatic carbocycles. The summed E-state index contributed by atoms with van der Waals surface area (Å²) < 4.78 is 5.12. The molecule has 0 saturated carbocycles. The molecule has 0 saturated heterocycles. The Hall–Kier alpha value is -2.69. The van der Waals surface area contributed by atoms with Gasteiger partial charge in [0.05, 0.1) is 7.11 Å². The number of carbonyl (C=O) groups is 1. The Morgan fingerprint density at radius 3 is 2.09 bits per heavy atom. The van der Waals surface area contributed by atoms with E-state index >= 15 is 0 Å². The maximum atomic E-state index is 12.2. The van der Waals surface area contributed by atoms with Crippen molar-refractivity contribution in [1.82, 2.24) is 0 Å². The Labute approximate surface area is 137 Å². The second-order valence-electron chi connectivity index (χ2n) is 5.53. The molecule has 5 heteroatoms. The highest BCUT2D eigenvalue weighted by molar-refractivity contribution is 5.96. The highest BCUT2D eigenvalue weighted by Crippen LogP contribution is 2.18. The van der Waals surface area contributed by atoms with Crippen molar-refractivity contribution >= 4 is 23.0 Å². The Kier molecular flexibility index (Phi) is 5.46. The van der Waals surface area contributed by atoms with Crippen LogP contribution in [0.1, 0.15) is 6.92 Å². The number of benzene rings is 2. The molecule has 2 aromatic rings. The number of hydrogen-bond acceptors (Lipinski definition) is 4. The van der Waals surface area contributed by atoms with E-state index in [1.807, 2.05) is 74.4 Å². The van der Waals surface area contributed by atoms with Gasteiger partial charge in [0, 0.05) is 31.2 Å². The summed E-state index contributed by atoms with van der Waals surface area (Å²) in [5.74, 6) is 0.701. The Morgan fingerprint density at radius 1 is 1.00 bits per heavy atom. The van der Waals surface area contributed by atoms with Gasteiger partial charge in [0.1, 0.15) is 11.8 Å². The SMILES string of the molecule is COc1ccc(N[C@@H](C)C(=O)Nc2ccc(N(C)C)cc2)cc1. The largest absolute Gasteiger partial charge is 0.497 e. The van der Waals surface area contributed by atoms with Crippen LogP contribution in [0, 0.1) is 0 Å². The van der Waals surface area contributed by atoms with Crippen LogP contribution in [-0.4, -0.2) is 33.2 Å². The second-order valence-corrected chi connectivity index (χ2v) is 5.53.